The van der Waals surface area contributed by atoms with Gasteiger partial charge in [0.25, 0.3) is 5.56 Å². The number of nitrogens with one attached hydrogen (secondary N) is 1. The molecule has 0 aliphatic rings. The van der Waals surface area contributed by atoms with Crippen molar-refractivity contribution in [3.05, 3.63) is 51.4 Å². The highest BCUT2D eigenvalue weighted by atomic mass is 32.1. The smallest absolute Gasteiger partial charge is 0.275 e. The number of carbonyl (C=O) groups excluding carboxylic acids is 1. The fraction of sp³-hybridized carbons (Fsp3) is 0.333. The second-order valence-corrected chi connectivity index (χ2v) is 6.78. The summed E-state index contributed by atoms with van der Waals surface area (Å²) in [6.45, 7) is 4.03. The van der Waals surface area contributed by atoms with Gasteiger partial charge in [-0.05, 0) is 18.6 Å². The van der Waals surface area contributed by atoms with Crippen molar-refractivity contribution in [2.45, 2.75) is 39.7 Å². The molecule has 0 bridgehead atoms. The number of rotatable bonds is 7. The van der Waals surface area contributed by atoms with Crippen molar-refractivity contribution in [3.63, 3.8) is 0 Å². The summed E-state index contributed by atoms with van der Waals surface area (Å²) in [5.41, 5.74) is 1.00. The quantitative estimate of drug-likeness (QED) is 0.689. The number of hydrogen-bond donors (Lipinski definition) is 1. The van der Waals surface area contributed by atoms with Crippen LogP contribution in [0.2, 0.25) is 0 Å². The number of aromatic nitrogens is 3. The number of hydrogen-bond acceptors (Lipinski definition) is 6. The fourth-order valence-corrected chi connectivity index (χ4v) is 3.37. The summed E-state index contributed by atoms with van der Waals surface area (Å²) in [6, 6.07) is 8.56. The van der Waals surface area contributed by atoms with E-state index < -0.39 is 0 Å². The highest BCUT2D eigenvalue weighted by Crippen LogP contribution is 2.19. The molecule has 1 amide bonds. The van der Waals surface area contributed by atoms with Gasteiger partial charge in [0, 0.05) is 30.7 Å². The molecule has 0 saturated heterocycles. The zero-order valence-corrected chi connectivity index (χ0v) is 15.5. The van der Waals surface area contributed by atoms with Crippen LogP contribution >= 0.6 is 11.3 Å². The summed E-state index contributed by atoms with van der Waals surface area (Å²) >= 11 is 1.42. The molecule has 0 spiro atoms. The van der Waals surface area contributed by atoms with E-state index in [-0.39, 0.29) is 18.1 Å². The van der Waals surface area contributed by atoms with Crippen LogP contribution in [-0.2, 0) is 17.8 Å². The van der Waals surface area contributed by atoms with Gasteiger partial charge >= 0.3 is 0 Å². The summed E-state index contributed by atoms with van der Waals surface area (Å²) in [7, 11) is 0. The maximum atomic E-state index is 12.2. The third kappa shape index (κ3) is 4.26. The van der Waals surface area contributed by atoms with Crippen molar-refractivity contribution in [2.24, 2.45) is 0 Å². The molecule has 3 aromatic rings. The van der Waals surface area contributed by atoms with Gasteiger partial charge in [0.1, 0.15) is 17.4 Å². The Labute approximate surface area is 154 Å². The monoisotopic (exact) mass is 372 g/mol. The molecule has 3 rings (SSSR count). The molecule has 0 aliphatic carbocycles. The molecule has 8 heteroatoms. The molecule has 0 unspecified atom stereocenters. The van der Waals surface area contributed by atoms with E-state index in [4.69, 9.17) is 4.74 Å². The van der Waals surface area contributed by atoms with Gasteiger partial charge in [0.05, 0.1) is 5.69 Å². The van der Waals surface area contributed by atoms with Crippen LogP contribution in [0.1, 0.15) is 37.4 Å². The Morgan fingerprint density at radius 1 is 1.31 bits per heavy atom. The number of fused-ring (bicyclic) bond motifs is 1. The summed E-state index contributed by atoms with van der Waals surface area (Å²) in [5, 5.41) is 7.97. The van der Waals surface area contributed by atoms with Crippen LogP contribution < -0.4 is 15.6 Å². The Bertz CT molecular complexity index is 980. The van der Waals surface area contributed by atoms with Gasteiger partial charge in [0.2, 0.25) is 10.9 Å². The first kappa shape index (κ1) is 18.1. The molecule has 1 aromatic carbocycles. The van der Waals surface area contributed by atoms with Crippen LogP contribution in [0.3, 0.4) is 0 Å². The zero-order valence-electron chi connectivity index (χ0n) is 14.7. The van der Waals surface area contributed by atoms with Crippen molar-refractivity contribution in [1.29, 1.82) is 0 Å². The topological polar surface area (TPSA) is 85.6 Å². The number of carbonyl (C=O) groups is 1. The van der Waals surface area contributed by atoms with E-state index in [2.05, 4.69) is 22.3 Å². The summed E-state index contributed by atoms with van der Waals surface area (Å²) in [5.74, 6) is 0.534. The molecular formula is C18H20N4O3S. The third-order valence-corrected chi connectivity index (χ3v) is 4.60. The van der Waals surface area contributed by atoms with E-state index in [9.17, 15) is 9.59 Å². The summed E-state index contributed by atoms with van der Waals surface area (Å²) in [4.78, 5) is 28.7. The predicted molar refractivity (Wildman–Crippen MR) is 101 cm³/mol. The standard InChI is InChI=1S/C18H20N4O3S/c1-3-6-16-21-22-17(24)10-13(20-18(22)26-16)11-25-14-8-5-7-12(9-14)19-15(23)4-2/h5,7-10H,3-4,6,11H2,1-2H3,(H,19,23). The number of amides is 1. The Kier molecular flexibility index (Phi) is 5.62. The van der Waals surface area contributed by atoms with Gasteiger partial charge < -0.3 is 10.1 Å². The molecule has 2 aromatic heterocycles. The molecule has 1 N–H and O–H groups in total. The molecule has 0 saturated carbocycles. The minimum atomic E-state index is -0.212. The van der Waals surface area contributed by atoms with E-state index in [1.54, 1.807) is 31.2 Å². The van der Waals surface area contributed by atoms with Crippen LogP contribution in [0.5, 0.6) is 5.75 Å². The molecule has 0 radical (unpaired) electrons. The van der Waals surface area contributed by atoms with Crippen molar-refractivity contribution >= 4 is 27.9 Å². The Hall–Kier alpha value is -2.74. The lowest BCUT2D eigenvalue weighted by molar-refractivity contribution is -0.115. The fourth-order valence-electron chi connectivity index (χ4n) is 2.35. The van der Waals surface area contributed by atoms with Gasteiger partial charge in [-0.2, -0.15) is 9.61 Å². The SMILES string of the molecule is CCCc1nn2c(=O)cc(COc3cccc(NC(=O)CC)c3)nc2s1. The van der Waals surface area contributed by atoms with Crippen molar-refractivity contribution in [1.82, 2.24) is 14.6 Å². The van der Waals surface area contributed by atoms with E-state index in [1.807, 2.05) is 0 Å². The lowest BCUT2D eigenvalue weighted by Gasteiger charge is -2.08. The maximum Gasteiger partial charge on any atom is 0.275 e. The van der Waals surface area contributed by atoms with Crippen LogP contribution in [0.25, 0.3) is 4.96 Å². The molecule has 0 aliphatic heterocycles. The molecule has 2 heterocycles. The highest BCUT2D eigenvalue weighted by molar-refractivity contribution is 7.16. The highest BCUT2D eigenvalue weighted by Gasteiger charge is 2.09. The minimum absolute atomic E-state index is 0.0598. The van der Waals surface area contributed by atoms with Gasteiger partial charge in [0.15, 0.2) is 0 Å². The summed E-state index contributed by atoms with van der Waals surface area (Å²) < 4.78 is 7.06. The largest absolute Gasteiger partial charge is 0.487 e. The van der Waals surface area contributed by atoms with Crippen molar-refractivity contribution in [3.8, 4) is 5.75 Å². The molecule has 136 valence electrons. The van der Waals surface area contributed by atoms with Crippen molar-refractivity contribution in [2.75, 3.05) is 5.32 Å². The van der Waals surface area contributed by atoms with Gasteiger partial charge in [-0.25, -0.2) is 4.98 Å². The predicted octanol–water partition coefficient (Wildman–Crippen LogP) is 3.03. The summed E-state index contributed by atoms with van der Waals surface area (Å²) in [6.07, 6.45) is 2.21. The second-order valence-electron chi connectivity index (χ2n) is 5.74. The zero-order chi connectivity index (χ0) is 18.5. The van der Waals surface area contributed by atoms with Gasteiger partial charge in [-0.15, -0.1) is 0 Å². The lowest BCUT2D eigenvalue weighted by atomic mass is 10.3. The van der Waals surface area contributed by atoms with Gasteiger partial charge in [-0.1, -0.05) is 31.3 Å². The first-order chi connectivity index (χ1) is 12.6. The van der Waals surface area contributed by atoms with Crippen molar-refractivity contribution < 1.29 is 9.53 Å². The van der Waals surface area contributed by atoms with E-state index in [1.165, 1.54) is 21.9 Å². The Morgan fingerprint density at radius 2 is 2.15 bits per heavy atom. The van der Waals surface area contributed by atoms with E-state index >= 15 is 0 Å². The molecular weight excluding hydrogens is 352 g/mol. The molecule has 0 atom stereocenters. The van der Waals surface area contributed by atoms with E-state index in [0.717, 1.165) is 17.8 Å². The number of benzene rings is 1. The average molecular weight is 372 g/mol. The normalized spacial score (nSPS) is 10.8. The molecule has 0 fully saturated rings. The molecule has 7 nitrogen and oxygen atoms in total. The lowest BCUT2D eigenvalue weighted by Crippen LogP contribution is -2.16. The number of aryl methyl sites for hydroxylation is 1. The minimum Gasteiger partial charge on any atom is -0.487 e. The Balaban J connectivity index is 1.74. The maximum absolute atomic E-state index is 12.2. The van der Waals surface area contributed by atoms with Crippen LogP contribution in [-0.4, -0.2) is 20.5 Å². The average Bonchev–Trinajstić information content (AvgIpc) is 3.04. The first-order valence-electron chi connectivity index (χ1n) is 8.50. The van der Waals surface area contributed by atoms with Crippen LogP contribution in [0, 0.1) is 0 Å². The Morgan fingerprint density at radius 3 is 2.92 bits per heavy atom. The number of anilines is 1. The number of nitrogens with zero attached hydrogens (tertiary/aromatic N) is 3. The van der Waals surface area contributed by atoms with Gasteiger partial charge in [-0.3, -0.25) is 9.59 Å². The molecule has 26 heavy (non-hydrogen) atoms. The third-order valence-electron chi connectivity index (χ3n) is 3.63. The van der Waals surface area contributed by atoms with E-state index in [0.29, 0.717) is 28.5 Å². The van der Waals surface area contributed by atoms with Crippen LogP contribution in [0.15, 0.2) is 35.1 Å². The second kappa shape index (κ2) is 8.09. The van der Waals surface area contributed by atoms with Crippen LogP contribution in [0.4, 0.5) is 5.69 Å². The first-order valence-corrected chi connectivity index (χ1v) is 9.32. The number of ether oxygens (including phenoxy) is 1.